The number of hydrogen-bond acceptors (Lipinski definition) is 5. The van der Waals surface area contributed by atoms with Crippen LogP contribution in [-0.2, 0) is 13.0 Å². The highest BCUT2D eigenvalue weighted by Gasteiger charge is 2.29. The second-order valence-corrected chi connectivity index (χ2v) is 5.25. The second kappa shape index (κ2) is 5.23. The van der Waals surface area contributed by atoms with Crippen molar-refractivity contribution in [3.8, 4) is 0 Å². The number of hydrogen-bond donors (Lipinski definition) is 2. The number of rotatable bonds is 4. The lowest BCUT2D eigenvalue weighted by Gasteiger charge is -2.12. The third-order valence-electron chi connectivity index (χ3n) is 2.78. The minimum absolute atomic E-state index is 0.543. The SMILES string of the molecule is CCCc1nc(CN2CC(O)C(O)C2)cs1. The Morgan fingerprint density at radius 2 is 2.12 bits per heavy atom. The number of thiazole rings is 1. The van der Waals surface area contributed by atoms with Crippen LogP contribution >= 0.6 is 11.3 Å². The van der Waals surface area contributed by atoms with Gasteiger partial charge in [0.2, 0.25) is 0 Å². The highest BCUT2D eigenvalue weighted by atomic mass is 32.1. The molecule has 5 heteroatoms. The van der Waals surface area contributed by atoms with Gasteiger partial charge in [-0.1, -0.05) is 6.92 Å². The molecule has 1 saturated heterocycles. The van der Waals surface area contributed by atoms with Gasteiger partial charge in [0.25, 0.3) is 0 Å². The molecule has 1 aliphatic heterocycles. The molecule has 4 nitrogen and oxygen atoms in total. The Morgan fingerprint density at radius 3 is 2.75 bits per heavy atom. The number of nitrogens with zero attached hydrogens (tertiary/aromatic N) is 2. The molecule has 2 atom stereocenters. The fourth-order valence-electron chi connectivity index (χ4n) is 1.96. The van der Waals surface area contributed by atoms with E-state index in [1.165, 1.54) is 5.01 Å². The van der Waals surface area contributed by atoms with Gasteiger partial charge in [0.05, 0.1) is 22.9 Å². The molecule has 2 heterocycles. The summed E-state index contributed by atoms with van der Waals surface area (Å²) < 4.78 is 0. The molecule has 1 fully saturated rings. The zero-order valence-corrected chi connectivity index (χ0v) is 10.3. The van der Waals surface area contributed by atoms with Crippen LogP contribution in [0.3, 0.4) is 0 Å². The van der Waals surface area contributed by atoms with E-state index in [9.17, 15) is 10.2 Å². The molecule has 2 N–H and O–H groups in total. The largest absolute Gasteiger partial charge is 0.389 e. The number of aliphatic hydroxyl groups is 2. The average molecular weight is 242 g/mol. The van der Waals surface area contributed by atoms with Crippen LogP contribution < -0.4 is 0 Å². The molecule has 0 bridgehead atoms. The fraction of sp³-hybridized carbons (Fsp3) is 0.727. The lowest BCUT2D eigenvalue weighted by molar-refractivity contribution is 0.0572. The number of aliphatic hydroxyl groups excluding tert-OH is 2. The highest BCUT2D eigenvalue weighted by Crippen LogP contribution is 2.17. The molecule has 0 aliphatic carbocycles. The summed E-state index contributed by atoms with van der Waals surface area (Å²) in [5.74, 6) is 0. The highest BCUT2D eigenvalue weighted by molar-refractivity contribution is 7.09. The van der Waals surface area contributed by atoms with Gasteiger partial charge >= 0.3 is 0 Å². The molecular weight excluding hydrogens is 224 g/mol. The van der Waals surface area contributed by atoms with E-state index in [1.54, 1.807) is 11.3 Å². The summed E-state index contributed by atoms with van der Waals surface area (Å²) in [6.07, 6.45) is 0.951. The lowest BCUT2D eigenvalue weighted by Crippen LogP contribution is -2.22. The smallest absolute Gasteiger partial charge is 0.0938 e. The van der Waals surface area contributed by atoms with Gasteiger partial charge in [-0.05, 0) is 12.8 Å². The summed E-state index contributed by atoms with van der Waals surface area (Å²) >= 11 is 1.70. The topological polar surface area (TPSA) is 56.6 Å². The molecule has 90 valence electrons. The van der Waals surface area contributed by atoms with Gasteiger partial charge in [-0.15, -0.1) is 11.3 Å². The maximum absolute atomic E-state index is 9.43. The molecule has 2 unspecified atom stereocenters. The second-order valence-electron chi connectivity index (χ2n) is 4.31. The molecule has 0 aromatic carbocycles. The number of likely N-dealkylation sites (tertiary alicyclic amines) is 1. The van der Waals surface area contributed by atoms with Crippen molar-refractivity contribution in [2.75, 3.05) is 13.1 Å². The fourth-order valence-corrected chi connectivity index (χ4v) is 2.85. The minimum atomic E-state index is -0.603. The van der Waals surface area contributed by atoms with Crippen molar-refractivity contribution in [3.05, 3.63) is 16.1 Å². The van der Waals surface area contributed by atoms with Gasteiger partial charge in [0.1, 0.15) is 0 Å². The number of β-amino-alcohol motifs (C(OH)–C–C–N with tert-alkyl or cyclic N) is 2. The van der Waals surface area contributed by atoms with E-state index in [4.69, 9.17) is 0 Å². The standard InChI is InChI=1S/C11H18N2O2S/c1-2-3-11-12-8(7-16-11)4-13-5-9(14)10(15)6-13/h7,9-10,14-15H,2-6H2,1H3. The van der Waals surface area contributed by atoms with Crippen molar-refractivity contribution >= 4 is 11.3 Å². The van der Waals surface area contributed by atoms with Crippen molar-refractivity contribution in [2.45, 2.75) is 38.5 Å². The van der Waals surface area contributed by atoms with E-state index >= 15 is 0 Å². The Hall–Kier alpha value is -0.490. The molecule has 1 aromatic heterocycles. The van der Waals surface area contributed by atoms with Gasteiger partial charge in [-0.2, -0.15) is 0 Å². The maximum atomic E-state index is 9.43. The van der Waals surface area contributed by atoms with Crippen LogP contribution in [0.2, 0.25) is 0 Å². The first-order valence-corrected chi connectivity index (χ1v) is 6.58. The van der Waals surface area contributed by atoms with Gasteiger partial charge < -0.3 is 10.2 Å². The third kappa shape index (κ3) is 2.79. The Balaban J connectivity index is 1.89. The van der Waals surface area contributed by atoms with Crippen LogP contribution in [0.4, 0.5) is 0 Å². The van der Waals surface area contributed by atoms with E-state index in [0.29, 0.717) is 13.1 Å². The van der Waals surface area contributed by atoms with Crippen molar-refractivity contribution in [3.63, 3.8) is 0 Å². The number of aromatic nitrogens is 1. The Bertz CT molecular complexity index is 332. The zero-order valence-electron chi connectivity index (χ0n) is 9.46. The predicted octanol–water partition coefficient (Wildman–Crippen LogP) is 0.633. The molecule has 16 heavy (non-hydrogen) atoms. The zero-order chi connectivity index (χ0) is 11.5. The first-order valence-electron chi connectivity index (χ1n) is 5.70. The van der Waals surface area contributed by atoms with Crippen LogP contribution in [0, 0.1) is 0 Å². The van der Waals surface area contributed by atoms with Crippen LogP contribution in [0.1, 0.15) is 24.0 Å². The molecule has 0 saturated carbocycles. The summed E-state index contributed by atoms with van der Waals surface area (Å²) in [6.45, 7) is 3.96. The summed E-state index contributed by atoms with van der Waals surface area (Å²) in [6, 6.07) is 0. The maximum Gasteiger partial charge on any atom is 0.0938 e. The third-order valence-corrected chi connectivity index (χ3v) is 3.74. The van der Waals surface area contributed by atoms with Gasteiger partial charge in [-0.3, -0.25) is 4.90 Å². The van der Waals surface area contributed by atoms with Crippen molar-refractivity contribution < 1.29 is 10.2 Å². The van der Waals surface area contributed by atoms with E-state index in [2.05, 4.69) is 17.3 Å². The van der Waals surface area contributed by atoms with E-state index in [0.717, 1.165) is 25.1 Å². The Kier molecular flexibility index (Phi) is 3.91. The monoisotopic (exact) mass is 242 g/mol. The molecule has 0 amide bonds. The molecule has 0 spiro atoms. The van der Waals surface area contributed by atoms with Crippen LogP contribution in [0.25, 0.3) is 0 Å². The van der Waals surface area contributed by atoms with Gasteiger partial charge in [0.15, 0.2) is 0 Å². The molecule has 1 aromatic rings. The van der Waals surface area contributed by atoms with Gasteiger partial charge in [0, 0.05) is 25.0 Å². The van der Waals surface area contributed by atoms with Crippen LogP contribution in [0.15, 0.2) is 5.38 Å². The number of aryl methyl sites for hydroxylation is 1. The van der Waals surface area contributed by atoms with E-state index < -0.39 is 12.2 Å². The first kappa shape index (κ1) is 12.0. The Labute approximate surface area is 99.6 Å². The van der Waals surface area contributed by atoms with E-state index in [-0.39, 0.29) is 0 Å². The molecular formula is C11H18N2O2S. The Morgan fingerprint density at radius 1 is 1.44 bits per heavy atom. The van der Waals surface area contributed by atoms with Crippen molar-refractivity contribution in [2.24, 2.45) is 0 Å². The lowest BCUT2D eigenvalue weighted by atomic mass is 10.3. The van der Waals surface area contributed by atoms with E-state index in [1.807, 2.05) is 4.90 Å². The minimum Gasteiger partial charge on any atom is -0.389 e. The summed E-state index contributed by atoms with van der Waals surface area (Å²) in [5.41, 5.74) is 1.05. The first-order chi connectivity index (χ1) is 7.69. The van der Waals surface area contributed by atoms with Crippen LogP contribution in [-0.4, -0.2) is 45.4 Å². The molecule has 2 rings (SSSR count). The predicted molar refractivity (Wildman–Crippen MR) is 63.4 cm³/mol. The molecule has 0 radical (unpaired) electrons. The molecule has 1 aliphatic rings. The van der Waals surface area contributed by atoms with Gasteiger partial charge in [-0.25, -0.2) is 4.98 Å². The summed E-state index contributed by atoms with van der Waals surface area (Å²) in [5, 5.41) is 22.1. The van der Waals surface area contributed by atoms with Crippen LogP contribution in [0.5, 0.6) is 0 Å². The normalized spacial score (nSPS) is 26.4. The summed E-state index contributed by atoms with van der Waals surface area (Å²) in [4.78, 5) is 6.57. The quantitative estimate of drug-likeness (QED) is 0.813. The summed E-state index contributed by atoms with van der Waals surface area (Å²) in [7, 11) is 0. The average Bonchev–Trinajstić information content (AvgIpc) is 2.77. The van der Waals surface area contributed by atoms with Crippen molar-refractivity contribution in [1.29, 1.82) is 0 Å². The van der Waals surface area contributed by atoms with Crippen molar-refractivity contribution in [1.82, 2.24) is 9.88 Å².